The molecule has 0 heterocycles. The lowest BCUT2D eigenvalue weighted by Gasteiger charge is -2.18. The van der Waals surface area contributed by atoms with Crippen molar-refractivity contribution in [2.24, 2.45) is 0 Å². The number of halogens is 2. The van der Waals surface area contributed by atoms with E-state index in [1.165, 1.54) is 23.5 Å². The van der Waals surface area contributed by atoms with Crippen LogP contribution in [0.1, 0.15) is 31.7 Å². The van der Waals surface area contributed by atoms with Gasteiger partial charge in [0, 0.05) is 18.6 Å². The Bertz CT molecular complexity index is 561. The normalized spacial score (nSPS) is 12.1. The smallest absolute Gasteiger partial charge is 0.244 e. The van der Waals surface area contributed by atoms with Crippen LogP contribution >= 0.6 is 23.2 Å². The van der Waals surface area contributed by atoms with E-state index in [1.807, 2.05) is 0 Å². The first-order valence-electron chi connectivity index (χ1n) is 6.39. The molecule has 0 fully saturated rings. The number of aliphatic hydroxyl groups is 1. The van der Waals surface area contributed by atoms with Crippen LogP contribution in [0.2, 0.25) is 10.0 Å². The standard InChI is InChI=1S/C13H19Cl2NO3S/c1-3-4-5-6-16(2)20(18,19)13-7-10(9-17)11(14)8-12(13)15/h7-8,17H,3-6,9H2,1-2H3. The van der Waals surface area contributed by atoms with Gasteiger partial charge in [-0.1, -0.05) is 43.0 Å². The van der Waals surface area contributed by atoms with E-state index >= 15 is 0 Å². The molecule has 0 saturated carbocycles. The highest BCUT2D eigenvalue weighted by Gasteiger charge is 2.24. The summed E-state index contributed by atoms with van der Waals surface area (Å²) in [5, 5.41) is 9.49. The first kappa shape index (κ1) is 17.7. The van der Waals surface area contributed by atoms with Crippen molar-refractivity contribution in [3.05, 3.63) is 27.7 Å². The third-order valence-electron chi connectivity index (χ3n) is 3.04. The summed E-state index contributed by atoms with van der Waals surface area (Å²) >= 11 is 11.9. The van der Waals surface area contributed by atoms with Gasteiger partial charge in [-0.3, -0.25) is 0 Å². The summed E-state index contributed by atoms with van der Waals surface area (Å²) in [5.41, 5.74) is 0.344. The van der Waals surface area contributed by atoms with Gasteiger partial charge in [-0.05, 0) is 24.1 Å². The Balaban J connectivity index is 3.08. The van der Waals surface area contributed by atoms with E-state index in [4.69, 9.17) is 23.2 Å². The molecular formula is C13H19Cl2NO3S. The van der Waals surface area contributed by atoms with Gasteiger partial charge in [0.15, 0.2) is 0 Å². The summed E-state index contributed by atoms with van der Waals surface area (Å²) in [7, 11) is -2.15. The number of nitrogens with zero attached hydrogens (tertiary/aromatic N) is 1. The minimum Gasteiger partial charge on any atom is -0.392 e. The molecule has 1 rings (SSSR count). The zero-order valence-electron chi connectivity index (χ0n) is 11.6. The Morgan fingerprint density at radius 3 is 2.40 bits per heavy atom. The fraction of sp³-hybridized carbons (Fsp3) is 0.538. The first-order chi connectivity index (χ1) is 9.34. The third kappa shape index (κ3) is 4.09. The first-order valence-corrected chi connectivity index (χ1v) is 8.59. The average molecular weight is 340 g/mol. The molecule has 0 aliphatic rings. The highest BCUT2D eigenvalue weighted by molar-refractivity contribution is 7.89. The molecular weight excluding hydrogens is 321 g/mol. The maximum absolute atomic E-state index is 12.4. The van der Waals surface area contributed by atoms with E-state index in [0.717, 1.165) is 19.3 Å². The van der Waals surface area contributed by atoms with Crippen LogP contribution in [-0.2, 0) is 16.6 Å². The Morgan fingerprint density at radius 1 is 1.20 bits per heavy atom. The maximum Gasteiger partial charge on any atom is 0.244 e. The lowest BCUT2D eigenvalue weighted by Crippen LogP contribution is -2.28. The van der Waals surface area contributed by atoms with E-state index in [2.05, 4.69) is 6.92 Å². The molecule has 0 aliphatic heterocycles. The number of aliphatic hydroxyl groups excluding tert-OH is 1. The summed E-state index contributed by atoms with van der Waals surface area (Å²) in [6.45, 7) is 2.15. The molecule has 1 N–H and O–H groups in total. The van der Waals surface area contributed by atoms with Crippen LogP contribution in [0.5, 0.6) is 0 Å². The van der Waals surface area contributed by atoms with E-state index < -0.39 is 10.0 Å². The van der Waals surface area contributed by atoms with Gasteiger partial charge in [0.2, 0.25) is 10.0 Å². The summed E-state index contributed by atoms with van der Waals surface area (Å²) in [6.07, 6.45) is 2.78. The Morgan fingerprint density at radius 2 is 1.85 bits per heavy atom. The zero-order chi connectivity index (χ0) is 15.3. The molecule has 0 unspecified atom stereocenters. The Hall–Kier alpha value is -0.330. The zero-order valence-corrected chi connectivity index (χ0v) is 13.9. The number of unbranched alkanes of at least 4 members (excludes halogenated alkanes) is 2. The van der Waals surface area contributed by atoms with E-state index in [9.17, 15) is 13.5 Å². The van der Waals surface area contributed by atoms with E-state index in [0.29, 0.717) is 12.1 Å². The Kier molecular flexibility index (Phi) is 6.75. The molecule has 0 aliphatic carbocycles. The van der Waals surface area contributed by atoms with Crippen LogP contribution in [0, 0.1) is 0 Å². The summed E-state index contributed by atoms with van der Waals surface area (Å²) < 4.78 is 26.2. The van der Waals surface area contributed by atoms with Crippen LogP contribution < -0.4 is 0 Å². The van der Waals surface area contributed by atoms with Crippen molar-refractivity contribution in [2.45, 2.75) is 37.7 Å². The minimum atomic E-state index is -3.67. The molecule has 114 valence electrons. The minimum absolute atomic E-state index is 0.0217. The summed E-state index contributed by atoms with van der Waals surface area (Å²) in [6, 6.07) is 2.68. The quantitative estimate of drug-likeness (QED) is 0.775. The number of hydrogen-bond acceptors (Lipinski definition) is 3. The molecule has 4 nitrogen and oxygen atoms in total. The predicted octanol–water partition coefficient (Wildman–Crippen LogP) is 3.30. The average Bonchev–Trinajstić information content (AvgIpc) is 2.38. The van der Waals surface area contributed by atoms with Crippen LogP contribution in [-0.4, -0.2) is 31.4 Å². The highest BCUT2D eigenvalue weighted by atomic mass is 35.5. The molecule has 0 atom stereocenters. The molecule has 7 heteroatoms. The van der Waals surface area contributed by atoms with E-state index in [1.54, 1.807) is 0 Å². The summed E-state index contributed by atoms with van der Waals surface area (Å²) in [4.78, 5) is -0.0217. The number of hydrogen-bond donors (Lipinski definition) is 1. The predicted molar refractivity (Wildman–Crippen MR) is 81.7 cm³/mol. The fourth-order valence-corrected chi connectivity index (χ4v) is 3.80. The summed E-state index contributed by atoms with van der Waals surface area (Å²) in [5.74, 6) is 0. The van der Waals surface area contributed by atoms with Gasteiger partial charge in [0.25, 0.3) is 0 Å². The number of rotatable bonds is 7. The van der Waals surface area contributed by atoms with Crippen molar-refractivity contribution in [2.75, 3.05) is 13.6 Å². The second kappa shape index (κ2) is 7.61. The second-order valence-corrected chi connectivity index (χ2v) is 7.39. The maximum atomic E-state index is 12.4. The molecule has 1 aromatic carbocycles. The van der Waals surface area contributed by atoms with Crippen LogP contribution in [0.15, 0.2) is 17.0 Å². The molecule has 0 radical (unpaired) electrons. The number of benzene rings is 1. The van der Waals surface area contributed by atoms with Gasteiger partial charge in [-0.15, -0.1) is 0 Å². The molecule has 0 aromatic heterocycles. The number of sulfonamides is 1. The second-order valence-electron chi connectivity index (χ2n) is 4.57. The fourth-order valence-electron chi connectivity index (χ4n) is 1.76. The largest absolute Gasteiger partial charge is 0.392 e. The highest BCUT2D eigenvalue weighted by Crippen LogP contribution is 2.30. The van der Waals surface area contributed by atoms with Gasteiger partial charge >= 0.3 is 0 Å². The molecule has 0 spiro atoms. The van der Waals surface area contributed by atoms with Crippen LogP contribution in [0.4, 0.5) is 0 Å². The van der Waals surface area contributed by atoms with Gasteiger partial charge in [0.1, 0.15) is 4.90 Å². The molecule has 0 saturated heterocycles. The SMILES string of the molecule is CCCCCN(C)S(=O)(=O)c1cc(CO)c(Cl)cc1Cl. The topological polar surface area (TPSA) is 57.6 Å². The van der Waals surface area contributed by atoms with Gasteiger partial charge in [-0.25, -0.2) is 12.7 Å². The van der Waals surface area contributed by atoms with Crippen molar-refractivity contribution >= 4 is 33.2 Å². The van der Waals surface area contributed by atoms with Crippen molar-refractivity contribution in [1.29, 1.82) is 0 Å². The molecule has 0 amide bonds. The van der Waals surface area contributed by atoms with Crippen LogP contribution in [0.25, 0.3) is 0 Å². The molecule has 0 bridgehead atoms. The third-order valence-corrected chi connectivity index (χ3v) is 5.71. The lowest BCUT2D eigenvalue weighted by molar-refractivity contribution is 0.281. The van der Waals surface area contributed by atoms with Crippen LogP contribution in [0.3, 0.4) is 0 Å². The van der Waals surface area contributed by atoms with Gasteiger partial charge < -0.3 is 5.11 Å². The van der Waals surface area contributed by atoms with Crippen molar-refractivity contribution in [3.8, 4) is 0 Å². The van der Waals surface area contributed by atoms with Gasteiger partial charge in [-0.2, -0.15) is 0 Å². The Labute approximate surface area is 130 Å². The molecule has 1 aromatic rings. The van der Waals surface area contributed by atoms with Crippen molar-refractivity contribution < 1.29 is 13.5 Å². The lowest BCUT2D eigenvalue weighted by atomic mass is 10.2. The van der Waals surface area contributed by atoms with Crippen molar-refractivity contribution in [3.63, 3.8) is 0 Å². The molecule has 20 heavy (non-hydrogen) atoms. The van der Waals surface area contributed by atoms with Gasteiger partial charge in [0.05, 0.1) is 11.6 Å². The monoisotopic (exact) mass is 339 g/mol. The van der Waals surface area contributed by atoms with Crippen molar-refractivity contribution in [1.82, 2.24) is 4.31 Å². The van der Waals surface area contributed by atoms with E-state index in [-0.39, 0.29) is 21.5 Å².